The fourth-order valence-corrected chi connectivity index (χ4v) is 5.82. The molecule has 4 rings (SSSR count). The third-order valence-electron chi connectivity index (χ3n) is 5.48. The molecule has 9 heteroatoms. The standard InChI is InChI=1S/C19H25N5O3S/c1-13-19(14(2)22(3)20-13)28(25,26)24(11-15-7-6-10-27-15)12-17-16-8-5-9-18(16)23(4)21-17/h6-7,10H,5,8-9,11-12H2,1-4H3. The molecule has 3 aromatic heterocycles. The first kappa shape index (κ1) is 18.9. The quantitative estimate of drug-likeness (QED) is 0.630. The lowest BCUT2D eigenvalue weighted by Gasteiger charge is -2.21. The molecule has 0 atom stereocenters. The summed E-state index contributed by atoms with van der Waals surface area (Å²) >= 11 is 0. The molecule has 0 spiro atoms. The lowest BCUT2D eigenvalue weighted by molar-refractivity contribution is 0.353. The molecule has 0 saturated heterocycles. The second-order valence-corrected chi connectivity index (χ2v) is 9.20. The van der Waals surface area contributed by atoms with Crippen LogP contribution in [0.15, 0.2) is 27.7 Å². The maximum Gasteiger partial charge on any atom is 0.247 e. The summed E-state index contributed by atoms with van der Waals surface area (Å²) in [7, 11) is -0.104. The number of hydrogen-bond donors (Lipinski definition) is 0. The zero-order valence-corrected chi connectivity index (χ0v) is 17.5. The topological polar surface area (TPSA) is 86.2 Å². The molecule has 150 valence electrons. The Morgan fingerprint density at radius 3 is 2.57 bits per heavy atom. The van der Waals surface area contributed by atoms with Gasteiger partial charge in [-0.1, -0.05) is 0 Å². The number of aromatic nitrogens is 4. The van der Waals surface area contributed by atoms with Gasteiger partial charge in [-0.2, -0.15) is 14.5 Å². The number of nitrogens with zero attached hydrogens (tertiary/aromatic N) is 5. The van der Waals surface area contributed by atoms with E-state index < -0.39 is 10.0 Å². The first-order valence-electron chi connectivity index (χ1n) is 9.35. The van der Waals surface area contributed by atoms with Crippen molar-refractivity contribution < 1.29 is 12.8 Å². The van der Waals surface area contributed by atoms with Crippen LogP contribution in [0.4, 0.5) is 0 Å². The summed E-state index contributed by atoms with van der Waals surface area (Å²) < 4.78 is 37.6. The van der Waals surface area contributed by atoms with Gasteiger partial charge in [-0.25, -0.2) is 8.42 Å². The van der Waals surface area contributed by atoms with E-state index in [-0.39, 0.29) is 18.0 Å². The highest BCUT2D eigenvalue weighted by Crippen LogP contribution is 2.30. The number of fused-ring (bicyclic) bond motifs is 1. The number of hydrogen-bond acceptors (Lipinski definition) is 5. The van der Waals surface area contributed by atoms with Gasteiger partial charge in [-0.05, 0) is 50.8 Å². The molecule has 0 N–H and O–H groups in total. The summed E-state index contributed by atoms with van der Waals surface area (Å²) in [5.74, 6) is 0.593. The van der Waals surface area contributed by atoms with Gasteiger partial charge in [-0.3, -0.25) is 9.36 Å². The predicted octanol–water partition coefficient (Wildman–Crippen LogP) is 2.24. The van der Waals surface area contributed by atoms with Crippen molar-refractivity contribution in [2.45, 2.75) is 51.1 Å². The smallest absolute Gasteiger partial charge is 0.247 e. The minimum absolute atomic E-state index is 0.147. The molecule has 0 saturated carbocycles. The molecule has 28 heavy (non-hydrogen) atoms. The van der Waals surface area contributed by atoms with Crippen LogP contribution in [-0.2, 0) is 50.0 Å². The molecule has 0 aromatic carbocycles. The van der Waals surface area contributed by atoms with Gasteiger partial charge in [-0.15, -0.1) is 0 Å². The molecule has 3 heterocycles. The van der Waals surface area contributed by atoms with Gasteiger partial charge in [0.1, 0.15) is 10.7 Å². The Labute approximate surface area is 164 Å². The Morgan fingerprint density at radius 1 is 1.14 bits per heavy atom. The van der Waals surface area contributed by atoms with Crippen molar-refractivity contribution in [3.05, 3.63) is 52.5 Å². The second-order valence-electron chi connectivity index (χ2n) is 7.33. The van der Waals surface area contributed by atoms with E-state index >= 15 is 0 Å². The molecule has 3 aromatic rings. The van der Waals surface area contributed by atoms with Crippen LogP contribution in [0, 0.1) is 13.8 Å². The van der Waals surface area contributed by atoms with E-state index in [4.69, 9.17) is 4.42 Å². The van der Waals surface area contributed by atoms with Gasteiger partial charge < -0.3 is 4.42 Å². The SMILES string of the molecule is Cc1nn(C)c(C)c1S(=O)(=O)N(Cc1ccco1)Cc1nn(C)c2c1CCC2. The summed E-state index contributed by atoms with van der Waals surface area (Å²) in [6, 6.07) is 3.55. The molecular formula is C19H25N5O3S. The first-order valence-corrected chi connectivity index (χ1v) is 10.8. The molecule has 0 fully saturated rings. The average Bonchev–Trinajstić information content (AvgIpc) is 3.38. The van der Waals surface area contributed by atoms with E-state index in [1.54, 1.807) is 44.0 Å². The summed E-state index contributed by atoms with van der Waals surface area (Å²) in [5, 5.41) is 8.91. The third-order valence-corrected chi connectivity index (χ3v) is 7.52. The van der Waals surface area contributed by atoms with E-state index in [1.807, 2.05) is 11.7 Å². The van der Waals surface area contributed by atoms with E-state index in [9.17, 15) is 8.42 Å². The molecule has 8 nitrogen and oxygen atoms in total. The lowest BCUT2D eigenvalue weighted by atomic mass is 10.2. The molecule has 0 radical (unpaired) electrons. The molecule has 0 unspecified atom stereocenters. The average molecular weight is 404 g/mol. The van der Waals surface area contributed by atoms with E-state index in [2.05, 4.69) is 10.2 Å². The van der Waals surface area contributed by atoms with Gasteiger partial charge in [0.15, 0.2) is 0 Å². The highest BCUT2D eigenvalue weighted by Gasteiger charge is 2.33. The van der Waals surface area contributed by atoms with Crippen molar-refractivity contribution >= 4 is 10.0 Å². The Bertz CT molecular complexity index is 1110. The zero-order chi connectivity index (χ0) is 20.1. The monoisotopic (exact) mass is 403 g/mol. The minimum atomic E-state index is -3.78. The molecular weight excluding hydrogens is 378 g/mol. The molecule has 1 aliphatic rings. The Hall–Kier alpha value is -2.39. The van der Waals surface area contributed by atoms with Crippen molar-refractivity contribution in [1.82, 2.24) is 23.9 Å². The van der Waals surface area contributed by atoms with Crippen molar-refractivity contribution in [1.29, 1.82) is 0 Å². The van der Waals surface area contributed by atoms with Crippen LogP contribution in [-0.4, -0.2) is 32.3 Å². The van der Waals surface area contributed by atoms with E-state index in [0.717, 1.165) is 25.0 Å². The summed E-state index contributed by atoms with van der Waals surface area (Å²) in [6.45, 7) is 3.86. The van der Waals surface area contributed by atoms with Gasteiger partial charge in [0, 0.05) is 19.8 Å². The minimum Gasteiger partial charge on any atom is -0.468 e. The number of rotatable bonds is 6. The molecule has 0 amide bonds. The van der Waals surface area contributed by atoms with Crippen molar-refractivity contribution in [2.75, 3.05) is 0 Å². The summed E-state index contributed by atoms with van der Waals surface area (Å²) in [4.78, 5) is 0.258. The van der Waals surface area contributed by atoms with Crippen LogP contribution in [0.5, 0.6) is 0 Å². The van der Waals surface area contributed by atoms with Crippen LogP contribution in [0.2, 0.25) is 0 Å². The maximum absolute atomic E-state index is 13.6. The van der Waals surface area contributed by atoms with Gasteiger partial charge in [0.25, 0.3) is 0 Å². The van der Waals surface area contributed by atoms with E-state index in [0.29, 0.717) is 17.1 Å². The highest BCUT2D eigenvalue weighted by atomic mass is 32.2. The molecule has 1 aliphatic carbocycles. The fourth-order valence-electron chi connectivity index (χ4n) is 4.05. The Balaban J connectivity index is 1.77. The molecule has 0 aliphatic heterocycles. The Morgan fingerprint density at radius 2 is 1.93 bits per heavy atom. The van der Waals surface area contributed by atoms with Crippen LogP contribution in [0.3, 0.4) is 0 Å². The van der Waals surface area contributed by atoms with Crippen LogP contribution in [0.25, 0.3) is 0 Å². The van der Waals surface area contributed by atoms with Crippen LogP contribution in [0.1, 0.15) is 40.5 Å². The van der Waals surface area contributed by atoms with Crippen molar-refractivity contribution in [3.8, 4) is 0 Å². The Kier molecular flexibility index (Phi) is 4.67. The van der Waals surface area contributed by atoms with Gasteiger partial charge in [0.05, 0.1) is 36.4 Å². The lowest BCUT2D eigenvalue weighted by Crippen LogP contribution is -2.31. The number of sulfonamides is 1. The summed E-state index contributed by atoms with van der Waals surface area (Å²) in [5.41, 5.74) is 4.33. The predicted molar refractivity (Wildman–Crippen MR) is 103 cm³/mol. The van der Waals surface area contributed by atoms with Crippen LogP contribution >= 0.6 is 0 Å². The van der Waals surface area contributed by atoms with Crippen molar-refractivity contribution in [2.24, 2.45) is 14.1 Å². The second kappa shape index (κ2) is 6.89. The van der Waals surface area contributed by atoms with Crippen LogP contribution < -0.4 is 0 Å². The third kappa shape index (κ3) is 3.08. The molecule has 0 bridgehead atoms. The zero-order valence-electron chi connectivity index (χ0n) is 16.6. The number of aryl methyl sites for hydroxylation is 3. The first-order chi connectivity index (χ1) is 13.3. The van der Waals surface area contributed by atoms with Crippen molar-refractivity contribution in [3.63, 3.8) is 0 Å². The summed E-state index contributed by atoms with van der Waals surface area (Å²) in [6.07, 6.45) is 4.57. The normalized spacial score (nSPS) is 14.2. The fraction of sp³-hybridized carbons (Fsp3) is 0.474. The van der Waals surface area contributed by atoms with E-state index in [1.165, 1.54) is 15.6 Å². The highest BCUT2D eigenvalue weighted by molar-refractivity contribution is 7.89. The largest absolute Gasteiger partial charge is 0.468 e. The number of furan rings is 1. The maximum atomic E-state index is 13.6. The van der Waals surface area contributed by atoms with Gasteiger partial charge in [0.2, 0.25) is 10.0 Å². The van der Waals surface area contributed by atoms with Gasteiger partial charge >= 0.3 is 0 Å².